The lowest BCUT2D eigenvalue weighted by Gasteiger charge is -2.41. The minimum Gasteiger partial charge on any atom is -0.465 e. The zero-order valence-electron chi connectivity index (χ0n) is 17.8. The van der Waals surface area contributed by atoms with Crippen molar-refractivity contribution >= 4 is 12.0 Å². The molecule has 0 unspecified atom stereocenters. The standard InChI is InChI=1S/C24H29N3O5/c28-21(19(25-23(30)31)15-17-7-3-1-4-8-17)20-22(29)27(16-18-9-5-2-6-10-18)24(26-20)11-13-32-14-12-24/h1-10,19-21,25-26,28H,11-16H2,(H,30,31)/t19-,20-,21+/m0/s1. The summed E-state index contributed by atoms with van der Waals surface area (Å²) in [4.78, 5) is 26.8. The third-order valence-electron chi connectivity index (χ3n) is 6.34. The monoisotopic (exact) mass is 439 g/mol. The van der Waals surface area contributed by atoms with Crippen LogP contribution >= 0.6 is 0 Å². The van der Waals surface area contributed by atoms with Gasteiger partial charge in [0.25, 0.3) is 0 Å². The van der Waals surface area contributed by atoms with Gasteiger partial charge < -0.3 is 25.2 Å². The van der Waals surface area contributed by atoms with Crippen LogP contribution in [0.25, 0.3) is 0 Å². The lowest BCUT2D eigenvalue weighted by molar-refractivity contribution is -0.137. The molecule has 170 valence electrons. The van der Waals surface area contributed by atoms with Gasteiger partial charge >= 0.3 is 6.09 Å². The Balaban J connectivity index is 1.59. The number of aliphatic hydroxyl groups is 1. The number of hydrogen-bond acceptors (Lipinski definition) is 5. The van der Waals surface area contributed by atoms with Crippen LogP contribution in [0, 0.1) is 0 Å². The number of carbonyl (C=O) groups excluding carboxylic acids is 1. The van der Waals surface area contributed by atoms with Crippen molar-refractivity contribution in [2.75, 3.05) is 13.2 Å². The Kier molecular flexibility index (Phi) is 6.74. The van der Waals surface area contributed by atoms with E-state index in [0.717, 1.165) is 11.1 Å². The van der Waals surface area contributed by atoms with Gasteiger partial charge in [-0.25, -0.2) is 4.79 Å². The van der Waals surface area contributed by atoms with Crippen molar-refractivity contribution in [1.82, 2.24) is 15.5 Å². The number of nitrogens with zero attached hydrogens (tertiary/aromatic N) is 1. The van der Waals surface area contributed by atoms with E-state index in [2.05, 4.69) is 10.6 Å². The van der Waals surface area contributed by atoms with Crippen LogP contribution in [0.15, 0.2) is 60.7 Å². The number of ether oxygens (including phenoxy) is 1. The fourth-order valence-electron chi connectivity index (χ4n) is 4.67. The highest BCUT2D eigenvalue weighted by Gasteiger charge is 2.53. The number of carbonyl (C=O) groups is 2. The second-order valence-corrected chi connectivity index (χ2v) is 8.41. The first kappa shape index (κ1) is 22.3. The molecule has 2 amide bonds. The molecule has 32 heavy (non-hydrogen) atoms. The molecule has 2 aromatic rings. The Labute approximate surface area is 187 Å². The van der Waals surface area contributed by atoms with Crippen molar-refractivity contribution < 1.29 is 24.5 Å². The number of aliphatic hydroxyl groups excluding tert-OH is 1. The summed E-state index contributed by atoms with van der Waals surface area (Å²) in [5.41, 5.74) is 1.24. The minimum atomic E-state index is -1.24. The summed E-state index contributed by atoms with van der Waals surface area (Å²) >= 11 is 0. The second-order valence-electron chi connectivity index (χ2n) is 8.41. The molecule has 0 aromatic heterocycles. The van der Waals surface area contributed by atoms with Crippen LogP contribution < -0.4 is 10.6 Å². The van der Waals surface area contributed by atoms with Gasteiger partial charge in [-0.1, -0.05) is 60.7 Å². The summed E-state index contributed by atoms with van der Waals surface area (Å²) in [5, 5.41) is 26.4. The minimum absolute atomic E-state index is 0.228. The van der Waals surface area contributed by atoms with E-state index in [1.54, 1.807) is 4.90 Å². The predicted molar refractivity (Wildman–Crippen MR) is 118 cm³/mol. The third-order valence-corrected chi connectivity index (χ3v) is 6.34. The molecule has 8 nitrogen and oxygen atoms in total. The molecule has 3 atom stereocenters. The number of hydrogen-bond donors (Lipinski definition) is 4. The van der Waals surface area contributed by atoms with Gasteiger partial charge in [-0.15, -0.1) is 0 Å². The highest BCUT2D eigenvalue weighted by molar-refractivity contribution is 5.86. The molecule has 8 heteroatoms. The highest BCUT2D eigenvalue weighted by atomic mass is 16.5. The maximum atomic E-state index is 13.6. The molecule has 0 bridgehead atoms. The van der Waals surface area contributed by atoms with Gasteiger partial charge in [-0.3, -0.25) is 10.1 Å². The van der Waals surface area contributed by atoms with E-state index < -0.39 is 29.9 Å². The number of amides is 2. The van der Waals surface area contributed by atoms with Crippen molar-refractivity contribution in [3.05, 3.63) is 71.8 Å². The van der Waals surface area contributed by atoms with Crippen molar-refractivity contribution in [2.24, 2.45) is 0 Å². The van der Waals surface area contributed by atoms with E-state index in [0.29, 0.717) is 32.6 Å². The summed E-state index contributed by atoms with van der Waals surface area (Å²) in [6, 6.07) is 17.3. The van der Waals surface area contributed by atoms with Crippen LogP contribution in [0.1, 0.15) is 24.0 Å². The maximum Gasteiger partial charge on any atom is 0.404 e. The van der Waals surface area contributed by atoms with Crippen LogP contribution in [-0.2, 0) is 22.5 Å². The van der Waals surface area contributed by atoms with E-state index in [1.165, 1.54) is 0 Å². The Morgan fingerprint density at radius 2 is 1.69 bits per heavy atom. The first-order valence-electron chi connectivity index (χ1n) is 10.9. The van der Waals surface area contributed by atoms with E-state index in [4.69, 9.17) is 4.74 Å². The van der Waals surface area contributed by atoms with Gasteiger partial charge in [0.2, 0.25) is 5.91 Å². The largest absolute Gasteiger partial charge is 0.465 e. The van der Waals surface area contributed by atoms with Gasteiger partial charge in [0.1, 0.15) is 6.04 Å². The van der Waals surface area contributed by atoms with Crippen LogP contribution in [0.5, 0.6) is 0 Å². The van der Waals surface area contributed by atoms with E-state index >= 15 is 0 Å². The lowest BCUT2D eigenvalue weighted by atomic mass is 9.95. The molecule has 2 aliphatic rings. The molecule has 2 aliphatic heterocycles. The Hall–Kier alpha value is -2.94. The summed E-state index contributed by atoms with van der Waals surface area (Å²) in [6.45, 7) is 1.43. The average molecular weight is 440 g/mol. The molecule has 0 aliphatic carbocycles. The van der Waals surface area contributed by atoms with Crippen molar-refractivity contribution in [2.45, 2.75) is 49.7 Å². The Bertz CT molecular complexity index is 918. The SMILES string of the molecule is O=C(O)N[C@@H](Cc1ccccc1)[C@@H](O)[C@@H]1NC2(CCOCC2)N(Cc2ccccc2)C1=O. The average Bonchev–Trinajstić information content (AvgIpc) is 3.06. The summed E-state index contributed by atoms with van der Waals surface area (Å²) in [5.74, 6) is -0.228. The molecular weight excluding hydrogens is 410 g/mol. The number of benzene rings is 2. The summed E-state index contributed by atoms with van der Waals surface area (Å²) in [7, 11) is 0. The van der Waals surface area contributed by atoms with Gasteiger partial charge in [-0.2, -0.15) is 0 Å². The molecule has 2 fully saturated rings. The first-order valence-corrected chi connectivity index (χ1v) is 10.9. The zero-order chi connectivity index (χ0) is 22.6. The second kappa shape index (κ2) is 9.68. The van der Waals surface area contributed by atoms with Crippen molar-refractivity contribution in [3.63, 3.8) is 0 Å². The highest BCUT2D eigenvalue weighted by Crippen LogP contribution is 2.34. The number of rotatable bonds is 7. The quantitative estimate of drug-likeness (QED) is 0.523. The zero-order valence-corrected chi connectivity index (χ0v) is 17.8. The van der Waals surface area contributed by atoms with Crippen LogP contribution in [0.4, 0.5) is 4.79 Å². The molecule has 1 spiro atoms. The molecule has 2 saturated heterocycles. The molecule has 0 saturated carbocycles. The number of carboxylic acid groups (broad SMARTS) is 1. The molecule has 2 aromatic carbocycles. The lowest BCUT2D eigenvalue weighted by Crippen LogP contribution is -2.58. The maximum absolute atomic E-state index is 13.6. The van der Waals surface area contributed by atoms with Crippen molar-refractivity contribution in [1.29, 1.82) is 0 Å². The van der Waals surface area contributed by atoms with E-state index in [-0.39, 0.29) is 12.3 Å². The van der Waals surface area contributed by atoms with Crippen LogP contribution in [0.3, 0.4) is 0 Å². The molecular formula is C24H29N3O5. The Morgan fingerprint density at radius 1 is 1.09 bits per heavy atom. The molecule has 0 radical (unpaired) electrons. The summed E-state index contributed by atoms with van der Waals surface area (Å²) in [6.07, 6.45) is -1.000. The van der Waals surface area contributed by atoms with Gasteiger partial charge in [0, 0.05) is 19.4 Å². The van der Waals surface area contributed by atoms with E-state index in [9.17, 15) is 19.8 Å². The molecule has 4 rings (SSSR count). The fourth-order valence-corrected chi connectivity index (χ4v) is 4.67. The normalized spacial score (nSPS) is 22.0. The first-order chi connectivity index (χ1) is 15.5. The Morgan fingerprint density at radius 3 is 2.28 bits per heavy atom. The van der Waals surface area contributed by atoms with Gasteiger partial charge in [0.05, 0.1) is 31.0 Å². The third kappa shape index (κ3) is 4.77. The molecule has 4 N–H and O–H groups in total. The topological polar surface area (TPSA) is 111 Å². The number of nitrogens with one attached hydrogen (secondary N) is 2. The van der Waals surface area contributed by atoms with Crippen LogP contribution in [-0.4, -0.2) is 64.2 Å². The van der Waals surface area contributed by atoms with Crippen molar-refractivity contribution in [3.8, 4) is 0 Å². The van der Waals surface area contributed by atoms with E-state index in [1.807, 2.05) is 60.7 Å². The van der Waals surface area contributed by atoms with Gasteiger partial charge in [-0.05, 0) is 17.5 Å². The fraction of sp³-hybridized carbons (Fsp3) is 0.417. The summed E-state index contributed by atoms with van der Waals surface area (Å²) < 4.78 is 5.53. The predicted octanol–water partition coefficient (Wildman–Crippen LogP) is 1.73. The van der Waals surface area contributed by atoms with Gasteiger partial charge in [0.15, 0.2) is 0 Å². The smallest absolute Gasteiger partial charge is 0.404 e. The molecule has 2 heterocycles. The van der Waals surface area contributed by atoms with Crippen LogP contribution in [0.2, 0.25) is 0 Å².